The molecule has 2 fully saturated rings. The van der Waals surface area contributed by atoms with E-state index in [1.807, 2.05) is 32.9 Å². The Balaban J connectivity index is 1.53. The highest BCUT2D eigenvalue weighted by molar-refractivity contribution is 6.30. The number of likely N-dealkylation sites (tertiary alicyclic amines) is 1. The van der Waals surface area contributed by atoms with Crippen molar-refractivity contribution in [3.05, 3.63) is 34.9 Å². The molecule has 1 saturated heterocycles. The van der Waals surface area contributed by atoms with E-state index in [0.717, 1.165) is 18.4 Å². The number of carbonyl (C=O) groups excluding carboxylic acids is 3. The summed E-state index contributed by atoms with van der Waals surface area (Å²) < 4.78 is 0. The van der Waals surface area contributed by atoms with E-state index in [0.29, 0.717) is 31.0 Å². The number of piperidine rings is 1. The van der Waals surface area contributed by atoms with Crippen molar-refractivity contribution in [2.75, 3.05) is 13.1 Å². The van der Waals surface area contributed by atoms with E-state index < -0.39 is 11.0 Å². The molecule has 1 aromatic carbocycles. The molecule has 2 aliphatic rings. The summed E-state index contributed by atoms with van der Waals surface area (Å²) in [6.45, 7) is 8.14. The maximum atomic E-state index is 13.0. The van der Waals surface area contributed by atoms with Crippen LogP contribution >= 0.6 is 11.6 Å². The van der Waals surface area contributed by atoms with E-state index in [1.165, 1.54) is 6.92 Å². The largest absolute Gasteiger partial charge is 0.384 e. The molecule has 7 nitrogen and oxygen atoms in total. The van der Waals surface area contributed by atoms with Crippen LogP contribution in [0.1, 0.15) is 65.4 Å². The Morgan fingerprint density at radius 1 is 1.21 bits per heavy atom. The lowest BCUT2D eigenvalue weighted by Crippen LogP contribution is -2.57. The number of nitrogens with one attached hydrogen (secondary N) is 2. The molecule has 1 aliphatic heterocycles. The minimum Gasteiger partial charge on any atom is -0.384 e. The van der Waals surface area contributed by atoms with Gasteiger partial charge >= 0.3 is 0 Å². The Morgan fingerprint density at radius 3 is 2.48 bits per heavy atom. The van der Waals surface area contributed by atoms with Crippen molar-refractivity contribution < 1.29 is 19.5 Å². The van der Waals surface area contributed by atoms with E-state index in [4.69, 9.17) is 11.6 Å². The monoisotopic (exact) mass is 477 g/mol. The summed E-state index contributed by atoms with van der Waals surface area (Å²) in [5, 5.41) is 18.0. The zero-order chi connectivity index (χ0) is 24.4. The van der Waals surface area contributed by atoms with Crippen LogP contribution in [0, 0.1) is 11.3 Å². The van der Waals surface area contributed by atoms with E-state index in [-0.39, 0.29) is 42.1 Å². The third-order valence-corrected chi connectivity index (χ3v) is 7.46. The van der Waals surface area contributed by atoms with E-state index in [9.17, 15) is 19.5 Å². The molecular weight excluding hydrogens is 442 g/mol. The molecule has 0 aromatic heterocycles. The number of rotatable bonds is 6. The minimum atomic E-state index is -1.05. The molecule has 0 spiro atoms. The summed E-state index contributed by atoms with van der Waals surface area (Å²) in [5.41, 5.74) is -0.802. The van der Waals surface area contributed by atoms with Crippen molar-refractivity contribution in [1.82, 2.24) is 15.5 Å². The number of carbonyl (C=O) groups is 3. The van der Waals surface area contributed by atoms with Crippen LogP contribution in [0.4, 0.5) is 0 Å². The average Bonchev–Trinajstić information content (AvgIpc) is 3.18. The van der Waals surface area contributed by atoms with Gasteiger partial charge in [-0.15, -0.1) is 0 Å². The maximum Gasteiger partial charge on any atom is 0.224 e. The summed E-state index contributed by atoms with van der Waals surface area (Å²) >= 11 is 6.00. The van der Waals surface area contributed by atoms with Crippen molar-refractivity contribution in [2.24, 2.45) is 11.3 Å². The molecule has 1 heterocycles. The first-order valence-corrected chi connectivity index (χ1v) is 12.1. The summed E-state index contributed by atoms with van der Waals surface area (Å²) in [6.07, 6.45) is 2.81. The van der Waals surface area contributed by atoms with Crippen molar-refractivity contribution in [2.45, 2.75) is 77.5 Å². The van der Waals surface area contributed by atoms with Crippen LogP contribution in [-0.4, -0.2) is 52.9 Å². The van der Waals surface area contributed by atoms with Crippen LogP contribution in [0.25, 0.3) is 0 Å². The molecule has 33 heavy (non-hydrogen) atoms. The normalized spacial score (nSPS) is 27.6. The number of hydrogen-bond donors (Lipinski definition) is 3. The van der Waals surface area contributed by atoms with Gasteiger partial charge in [0.15, 0.2) is 0 Å². The summed E-state index contributed by atoms with van der Waals surface area (Å²) in [4.78, 5) is 38.6. The van der Waals surface area contributed by atoms with Crippen molar-refractivity contribution >= 4 is 29.3 Å². The Bertz CT molecular complexity index is 888. The molecule has 1 aliphatic carbocycles. The fraction of sp³-hybridized carbons (Fsp3) is 0.640. The van der Waals surface area contributed by atoms with Crippen LogP contribution in [0.15, 0.2) is 24.3 Å². The van der Waals surface area contributed by atoms with Gasteiger partial charge in [-0.2, -0.15) is 0 Å². The maximum absolute atomic E-state index is 13.0. The first kappa shape index (κ1) is 25.5. The van der Waals surface area contributed by atoms with Crippen LogP contribution < -0.4 is 10.6 Å². The van der Waals surface area contributed by atoms with Gasteiger partial charge in [-0.05, 0) is 50.3 Å². The number of hydrogen-bond acceptors (Lipinski definition) is 4. The molecule has 3 N–H and O–H groups in total. The highest BCUT2D eigenvalue weighted by atomic mass is 35.5. The number of halogens is 1. The fourth-order valence-electron chi connectivity index (χ4n) is 5.24. The molecule has 3 amide bonds. The van der Waals surface area contributed by atoms with Crippen LogP contribution in [0.2, 0.25) is 5.02 Å². The van der Waals surface area contributed by atoms with Gasteiger partial charge in [0.05, 0.1) is 5.60 Å². The molecule has 0 radical (unpaired) electrons. The number of amides is 3. The lowest BCUT2D eigenvalue weighted by Gasteiger charge is -2.50. The standard InChI is InChI=1S/C25H36ClN3O4/c1-16(27-23(32)18-5-10-21(14-18)28-17(2)30)13-22(31)29-12-11-25(33,24(3,4)15-29)19-6-8-20(26)9-7-19/h6-9,16,18,21,33H,5,10-15H2,1-4H3,(H,27,32)(H,28,30)/t16?,18-,21-,25?/m1/s1. The molecule has 1 saturated carbocycles. The van der Waals surface area contributed by atoms with Gasteiger partial charge in [-0.25, -0.2) is 0 Å². The third-order valence-electron chi connectivity index (χ3n) is 7.20. The summed E-state index contributed by atoms with van der Waals surface area (Å²) in [6, 6.07) is 7.00. The molecule has 3 rings (SSSR count). The second-order valence-corrected chi connectivity index (χ2v) is 10.8. The topological polar surface area (TPSA) is 98.7 Å². The molecule has 4 atom stereocenters. The molecule has 182 valence electrons. The Morgan fingerprint density at radius 2 is 1.88 bits per heavy atom. The van der Waals surface area contributed by atoms with Crippen LogP contribution in [0.3, 0.4) is 0 Å². The van der Waals surface area contributed by atoms with Crippen molar-refractivity contribution in [3.63, 3.8) is 0 Å². The molecular formula is C25H36ClN3O4. The fourth-order valence-corrected chi connectivity index (χ4v) is 5.36. The predicted octanol–water partition coefficient (Wildman–Crippen LogP) is 2.99. The van der Waals surface area contributed by atoms with Gasteiger partial charge in [0.2, 0.25) is 17.7 Å². The number of benzene rings is 1. The summed E-state index contributed by atoms with van der Waals surface area (Å²) in [7, 11) is 0. The van der Waals surface area contributed by atoms with Gasteiger partial charge in [0, 0.05) is 54.9 Å². The molecule has 1 aromatic rings. The lowest BCUT2D eigenvalue weighted by atomic mass is 9.66. The van der Waals surface area contributed by atoms with Gasteiger partial charge in [-0.3, -0.25) is 14.4 Å². The zero-order valence-electron chi connectivity index (χ0n) is 20.0. The molecule has 0 bridgehead atoms. The Labute approximate surface area is 201 Å². The van der Waals surface area contributed by atoms with E-state index in [1.54, 1.807) is 17.0 Å². The smallest absolute Gasteiger partial charge is 0.224 e. The average molecular weight is 478 g/mol. The quantitative estimate of drug-likeness (QED) is 0.586. The highest BCUT2D eigenvalue weighted by Crippen LogP contribution is 2.46. The third kappa shape index (κ3) is 5.87. The first-order valence-electron chi connectivity index (χ1n) is 11.7. The number of nitrogens with zero attached hydrogens (tertiary/aromatic N) is 1. The van der Waals surface area contributed by atoms with Crippen molar-refractivity contribution in [1.29, 1.82) is 0 Å². The molecule has 2 unspecified atom stereocenters. The van der Waals surface area contributed by atoms with Gasteiger partial charge in [0.25, 0.3) is 0 Å². The van der Waals surface area contributed by atoms with Gasteiger partial charge in [0.1, 0.15) is 0 Å². The van der Waals surface area contributed by atoms with Gasteiger partial charge < -0.3 is 20.6 Å². The Kier molecular flexibility index (Phi) is 7.74. The minimum absolute atomic E-state index is 0.0309. The Hall–Kier alpha value is -2.12. The second-order valence-electron chi connectivity index (χ2n) is 10.3. The highest BCUT2D eigenvalue weighted by Gasteiger charge is 2.49. The van der Waals surface area contributed by atoms with Crippen molar-refractivity contribution in [3.8, 4) is 0 Å². The zero-order valence-corrected chi connectivity index (χ0v) is 20.7. The van der Waals surface area contributed by atoms with Gasteiger partial charge in [-0.1, -0.05) is 37.6 Å². The molecule has 8 heteroatoms. The van der Waals surface area contributed by atoms with Crippen LogP contribution in [-0.2, 0) is 20.0 Å². The summed E-state index contributed by atoms with van der Waals surface area (Å²) in [5.74, 6) is -0.300. The first-order chi connectivity index (χ1) is 15.4. The lowest BCUT2D eigenvalue weighted by molar-refractivity contribution is -0.153. The van der Waals surface area contributed by atoms with Crippen LogP contribution in [0.5, 0.6) is 0 Å². The SMILES string of the molecule is CC(=O)N[C@@H]1CC[C@@H](C(=O)NC(C)CC(=O)N2CCC(O)(c3ccc(Cl)cc3)C(C)(C)C2)C1. The predicted molar refractivity (Wildman–Crippen MR) is 127 cm³/mol. The van der Waals surface area contributed by atoms with E-state index in [2.05, 4.69) is 10.6 Å². The second kappa shape index (κ2) is 10.0. The number of aliphatic hydroxyl groups is 1. The van der Waals surface area contributed by atoms with E-state index >= 15 is 0 Å².